The van der Waals surface area contributed by atoms with Crippen molar-refractivity contribution in [2.75, 3.05) is 31.9 Å². The molecule has 0 aliphatic heterocycles. The molecule has 24 heavy (non-hydrogen) atoms. The number of esters is 1. The molecule has 0 saturated carbocycles. The molecule has 124 valence electrons. The second-order valence-electron chi connectivity index (χ2n) is 4.75. The first kappa shape index (κ1) is 15.5. The van der Waals surface area contributed by atoms with Crippen molar-refractivity contribution in [2.24, 2.45) is 0 Å². The molecule has 9 heteroatoms. The third kappa shape index (κ3) is 2.67. The van der Waals surface area contributed by atoms with Gasteiger partial charge in [0.25, 0.3) is 0 Å². The Kier molecular flexibility index (Phi) is 4.15. The van der Waals surface area contributed by atoms with Crippen molar-refractivity contribution in [1.82, 2.24) is 19.6 Å². The topological polar surface area (TPSA) is 103 Å². The normalized spacial score (nSPS) is 10.5. The molecule has 2 N–H and O–H groups in total. The molecule has 9 nitrogen and oxygen atoms in total. The second-order valence-corrected chi connectivity index (χ2v) is 4.75. The van der Waals surface area contributed by atoms with Crippen LogP contribution in [0.4, 0.5) is 17.3 Å². The first-order chi connectivity index (χ1) is 11.7. The molecule has 0 radical (unpaired) electrons. The van der Waals surface area contributed by atoms with E-state index in [2.05, 4.69) is 25.7 Å². The smallest absolute Gasteiger partial charge is 0.343 e. The average molecular weight is 328 g/mol. The molecular formula is C15H16N6O3. The number of methoxy groups -OCH3 is 2. The Balaban J connectivity index is 2.09. The summed E-state index contributed by atoms with van der Waals surface area (Å²) in [6.07, 6.45) is 3.05. The van der Waals surface area contributed by atoms with E-state index < -0.39 is 5.97 Å². The molecule has 0 bridgehead atoms. The Morgan fingerprint density at radius 3 is 2.88 bits per heavy atom. The van der Waals surface area contributed by atoms with E-state index in [1.165, 1.54) is 24.9 Å². The van der Waals surface area contributed by atoms with Gasteiger partial charge in [0.1, 0.15) is 22.9 Å². The number of carbonyl (C=O) groups is 1. The number of ether oxygens (including phenoxy) is 2. The van der Waals surface area contributed by atoms with Gasteiger partial charge in [0.15, 0.2) is 5.65 Å². The van der Waals surface area contributed by atoms with Gasteiger partial charge in [-0.3, -0.25) is 0 Å². The zero-order valence-corrected chi connectivity index (χ0v) is 13.4. The number of nitrogens with zero attached hydrogens (tertiary/aromatic N) is 4. The van der Waals surface area contributed by atoms with Crippen molar-refractivity contribution in [3.8, 4) is 5.88 Å². The van der Waals surface area contributed by atoms with Gasteiger partial charge in [-0.1, -0.05) is 0 Å². The van der Waals surface area contributed by atoms with Crippen LogP contribution in [-0.2, 0) is 4.74 Å². The van der Waals surface area contributed by atoms with Gasteiger partial charge in [0.2, 0.25) is 5.88 Å². The molecule has 3 aromatic heterocycles. The third-order valence-electron chi connectivity index (χ3n) is 3.36. The van der Waals surface area contributed by atoms with Crippen LogP contribution in [0.2, 0.25) is 0 Å². The number of pyridine rings is 1. The Labute approximate surface area is 137 Å². The highest BCUT2D eigenvalue weighted by atomic mass is 16.5. The summed E-state index contributed by atoms with van der Waals surface area (Å²) in [7, 11) is 4.60. The monoisotopic (exact) mass is 328 g/mol. The van der Waals surface area contributed by atoms with E-state index >= 15 is 0 Å². The molecule has 0 amide bonds. The number of fused-ring (bicyclic) bond motifs is 1. The Morgan fingerprint density at radius 1 is 1.33 bits per heavy atom. The maximum atomic E-state index is 11.9. The van der Waals surface area contributed by atoms with Crippen LogP contribution in [0, 0.1) is 0 Å². The largest absolute Gasteiger partial charge is 0.480 e. The van der Waals surface area contributed by atoms with Gasteiger partial charge in [-0.15, -0.1) is 0 Å². The van der Waals surface area contributed by atoms with Gasteiger partial charge in [0.05, 0.1) is 20.4 Å². The van der Waals surface area contributed by atoms with E-state index in [9.17, 15) is 4.79 Å². The van der Waals surface area contributed by atoms with Gasteiger partial charge < -0.3 is 20.1 Å². The fraction of sp³-hybridized carbons (Fsp3) is 0.200. The van der Waals surface area contributed by atoms with Gasteiger partial charge >= 0.3 is 5.97 Å². The second kappa shape index (κ2) is 6.41. The quantitative estimate of drug-likeness (QED) is 0.682. The standard InChI is InChI=1S/C15H16N6O3/c1-16-12-7-11(19-10-5-4-6-17-14(10)23-2)20-13-9(15(22)24-3)8-18-21(12)13/h4-8,16H,1-3H3,(H,19,20). The van der Waals surface area contributed by atoms with Crippen molar-refractivity contribution in [3.63, 3.8) is 0 Å². The molecule has 0 atom stereocenters. The zero-order valence-electron chi connectivity index (χ0n) is 13.4. The summed E-state index contributed by atoms with van der Waals surface area (Å²) in [5, 5.41) is 10.3. The lowest BCUT2D eigenvalue weighted by Crippen LogP contribution is -2.07. The van der Waals surface area contributed by atoms with E-state index in [0.29, 0.717) is 28.9 Å². The number of carbonyl (C=O) groups excluding carboxylic acids is 1. The van der Waals surface area contributed by atoms with Crippen LogP contribution >= 0.6 is 0 Å². The van der Waals surface area contributed by atoms with E-state index in [1.54, 1.807) is 25.4 Å². The minimum absolute atomic E-state index is 0.274. The minimum atomic E-state index is -0.504. The highest BCUT2D eigenvalue weighted by Crippen LogP contribution is 2.26. The molecule has 0 spiro atoms. The van der Waals surface area contributed by atoms with Crippen molar-refractivity contribution in [2.45, 2.75) is 0 Å². The van der Waals surface area contributed by atoms with Crippen LogP contribution in [0.25, 0.3) is 5.65 Å². The van der Waals surface area contributed by atoms with Crippen molar-refractivity contribution in [3.05, 3.63) is 36.2 Å². The van der Waals surface area contributed by atoms with E-state index in [1.807, 2.05) is 6.07 Å². The summed E-state index contributed by atoms with van der Waals surface area (Å²) < 4.78 is 11.5. The fourth-order valence-corrected chi connectivity index (χ4v) is 2.25. The van der Waals surface area contributed by atoms with Crippen molar-refractivity contribution < 1.29 is 14.3 Å². The van der Waals surface area contributed by atoms with Crippen LogP contribution in [0.3, 0.4) is 0 Å². The maximum Gasteiger partial charge on any atom is 0.343 e. The molecule has 0 saturated heterocycles. The highest BCUT2D eigenvalue weighted by Gasteiger charge is 2.17. The van der Waals surface area contributed by atoms with Crippen LogP contribution in [0.1, 0.15) is 10.4 Å². The molecule has 0 aliphatic carbocycles. The van der Waals surface area contributed by atoms with Crippen LogP contribution in [0.15, 0.2) is 30.6 Å². The predicted molar refractivity (Wildman–Crippen MR) is 87.9 cm³/mol. The lowest BCUT2D eigenvalue weighted by molar-refractivity contribution is 0.0602. The summed E-state index contributed by atoms with van der Waals surface area (Å²) in [5.74, 6) is 1.09. The molecule has 0 aliphatic rings. The number of hydrogen-bond donors (Lipinski definition) is 2. The van der Waals surface area contributed by atoms with Crippen LogP contribution in [-0.4, -0.2) is 46.8 Å². The number of anilines is 3. The predicted octanol–water partition coefficient (Wildman–Crippen LogP) is 1.70. The lowest BCUT2D eigenvalue weighted by atomic mass is 10.3. The highest BCUT2D eigenvalue weighted by molar-refractivity contribution is 5.96. The zero-order chi connectivity index (χ0) is 17.1. The molecule has 0 fully saturated rings. The number of hydrogen-bond acceptors (Lipinski definition) is 8. The van der Waals surface area contributed by atoms with Crippen LogP contribution < -0.4 is 15.4 Å². The number of aromatic nitrogens is 4. The lowest BCUT2D eigenvalue weighted by Gasteiger charge is -2.11. The van der Waals surface area contributed by atoms with Crippen molar-refractivity contribution >= 4 is 28.9 Å². The van der Waals surface area contributed by atoms with E-state index in [-0.39, 0.29) is 5.56 Å². The summed E-state index contributed by atoms with van der Waals surface area (Å²) in [4.78, 5) is 20.4. The Morgan fingerprint density at radius 2 is 2.17 bits per heavy atom. The van der Waals surface area contributed by atoms with Gasteiger partial charge in [0, 0.05) is 19.3 Å². The van der Waals surface area contributed by atoms with Gasteiger partial charge in [-0.2, -0.15) is 9.61 Å². The third-order valence-corrected chi connectivity index (χ3v) is 3.36. The summed E-state index contributed by atoms with van der Waals surface area (Å²) >= 11 is 0. The maximum absolute atomic E-state index is 11.9. The summed E-state index contributed by atoms with van der Waals surface area (Å²) in [6.45, 7) is 0. The minimum Gasteiger partial charge on any atom is -0.480 e. The molecule has 3 rings (SSSR count). The van der Waals surface area contributed by atoms with Crippen molar-refractivity contribution in [1.29, 1.82) is 0 Å². The Bertz CT molecular complexity index is 892. The summed E-state index contributed by atoms with van der Waals surface area (Å²) in [5.41, 5.74) is 1.30. The molecule has 3 aromatic rings. The molecular weight excluding hydrogens is 312 g/mol. The van der Waals surface area contributed by atoms with Gasteiger partial charge in [-0.05, 0) is 12.1 Å². The molecule has 0 aromatic carbocycles. The molecule has 0 unspecified atom stereocenters. The average Bonchev–Trinajstić information content (AvgIpc) is 3.04. The van der Waals surface area contributed by atoms with E-state index in [0.717, 1.165) is 0 Å². The summed E-state index contributed by atoms with van der Waals surface area (Å²) in [6, 6.07) is 5.35. The first-order valence-electron chi connectivity index (χ1n) is 7.08. The SMILES string of the molecule is CNc1cc(Nc2cccnc2OC)nc2c(C(=O)OC)cnn12. The Hall–Kier alpha value is -3.36. The first-order valence-corrected chi connectivity index (χ1v) is 7.08. The number of rotatable bonds is 5. The van der Waals surface area contributed by atoms with Crippen LogP contribution in [0.5, 0.6) is 5.88 Å². The van der Waals surface area contributed by atoms with Gasteiger partial charge in [-0.25, -0.2) is 14.8 Å². The van der Waals surface area contributed by atoms with E-state index in [4.69, 9.17) is 9.47 Å². The number of nitrogens with one attached hydrogen (secondary N) is 2. The fourth-order valence-electron chi connectivity index (χ4n) is 2.25. The molecule has 3 heterocycles.